The van der Waals surface area contributed by atoms with Crippen LogP contribution in [0.4, 0.5) is 22.0 Å². The van der Waals surface area contributed by atoms with Crippen LogP contribution in [0.1, 0.15) is 59.2 Å². The van der Waals surface area contributed by atoms with Gasteiger partial charge in [0, 0.05) is 25.6 Å². The van der Waals surface area contributed by atoms with Crippen LogP contribution in [0.3, 0.4) is 0 Å². The lowest BCUT2D eigenvalue weighted by Crippen LogP contribution is -2.45. The zero-order valence-electron chi connectivity index (χ0n) is 18.1. The third-order valence-corrected chi connectivity index (χ3v) is 6.01. The van der Waals surface area contributed by atoms with Crippen molar-refractivity contribution in [1.82, 2.24) is 4.90 Å². The van der Waals surface area contributed by atoms with Gasteiger partial charge in [-0.15, -0.1) is 0 Å². The summed E-state index contributed by atoms with van der Waals surface area (Å²) in [6, 6.07) is 11.0. The molecule has 1 heterocycles. The molecular formula is C24H26F5NO3. The minimum Gasteiger partial charge on any atom is -0.478 e. The van der Waals surface area contributed by atoms with Crippen LogP contribution in [-0.4, -0.2) is 41.3 Å². The minimum atomic E-state index is -4.41. The van der Waals surface area contributed by atoms with Gasteiger partial charge in [-0.1, -0.05) is 31.2 Å². The van der Waals surface area contributed by atoms with Crippen molar-refractivity contribution in [2.24, 2.45) is 0 Å². The van der Waals surface area contributed by atoms with Gasteiger partial charge in [0.25, 0.3) is 0 Å². The van der Waals surface area contributed by atoms with Gasteiger partial charge in [-0.2, -0.15) is 22.0 Å². The van der Waals surface area contributed by atoms with Crippen LogP contribution in [-0.2, 0) is 17.5 Å². The fraction of sp³-hybridized carbons (Fsp3) is 0.458. The first-order valence-corrected chi connectivity index (χ1v) is 10.7. The van der Waals surface area contributed by atoms with Crippen LogP contribution in [0.5, 0.6) is 0 Å². The van der Waals surface area contributed by atoms with E-state index in [2.05, 4.69) is 0 Å². The largest absolute Gasteiger partial charge is 0.478 e. The Morgan fingerprint density at radius 2 is 1.67 bits per heavy atom. The van der Waals surface area contributed by atoms with Crippen LogP contribution < -0.4 is 0 Å². The lowest BCUT2D eigenvalue weighted by Gasteiger charge is -2.40. The number of alkyl halides is 5. The number of carboxylic acid groups (broad SMARTS) is 1. The molecule has 1 aliphatic rings. The standard InChI is InChI=1S/C24H26F5NO3/c1-2-23(25,26)33-15-21-12-9-19(17-7-10-20(11-8-17)24(27,28)29)14-30(21)13-16-3-5-18(6-4-16)22(31)32/h3-8,10-11,19,21H,2,9,12-15H2,1H3,(H,31,32). The fourth-order valence-electron chi connectivity index (χ4n) is 4.01. The molecule has 9 heteroatoms. The van der Waals surface area contributed by atoms with Crippen molar-refractivity contribution >= 4 is 5.97 Å². The predicted octanol–water partition coefficient (Wildman–Crippen LogP) is 6.17. The molecule has 2 aromatic carbocycles. The number of piperidine rings is 1. The number of benzene rings is 2. The summed E-state index contributed by atoms with van der Waals surface area (Å²) >= 11 is 0. The Balaban J connectivity index is 1.76. The van der Waals surface area contributed by atoms with Gasteiger partial charge in [0.1, 0.15) is 0 Å². The summed E-state index contributed by atoms with van der Waals surface area (Å²) in [5, 5.41) is 9.07. The maximum Gasteiger partial charge on any atom is 0.416 e. The number of aromatic carboxylic acids is 1. The molecule has 3 rings (SSSR count). The molecule has 0 aromatic heterocycles. The SMILES string of the molecule is CCC(F)(F)OCC1CCC(c2ccc(C(F)(F)F)cc2)CN1Cc1ccc(C(=O)O)cc1. The van der Waals surface area contributed by atoms with E-state index in [0.29, 0.717) is 25.9 Å². The van der Waals surface area contributed by atoms with Crippen LogP contribution >= 0.6 is 0 Å². The molecule has 0 amide bonds. The number of hydrogen-bond acceptors (Lipinski definition) is 3. The monoisotopic (exact) mass is 471 g/mol. The Morgan fingerprint density at radius 1 is 1.03 bits per heavy atom. The highest BCUT2D eigenvalue weighted by molar-refractivity contribution is 5.87. The Labute approximate surface area is 189 Å². The van der Waals surface area contributed by atoms with E-state index in [9.17, 15) is 26.7 Å². The number of rotatable bonds is 8. The number of hydrogen-bond donors (Lipinski definition) is 1. The number of carboxylic acids is 1. The summed E-state index contributed by atoms with van der Waals surface area (Å²) in [7, 11) is 0. The fourth-order valence-corrected chi connectivity index (χ4v) is 4.01. The van der Waals surface area contributed by atoms with Crippen LogP contribution in [0.25, 0.3) is 0 Å². The van der Waals surface area contributed by atoms with Gasteiger partial charge in [0.2, 0.25) is 0 Å². The molecule has 0 spiro atoms. The Bertz CT molecular complexity index is 929. The number of halogens is 5. The van der Waals surface area contributed by atoms with Gasteiger partial charge in [0.05, 0.1) is 17.7 Å². The van der Waals surface area contributed by atoms with Crippen molar-refractivity contribution in [1.29, 1.82) is 0 Å². The molecule has 1 saturated heterocycles. The minimum absolute atomic E-state index is 0.0616. The normalized spacial score (nSPS) is 20.1. The number of carbonyl (C=O) groups is 1. The molecule has 2 atom stereocenters. The molecule has 0 aliphatic carbocycles. The van der Waals surface area contributed by atoms with Crippen LogP contribution in [0.15, 0.2) is 48.5 Å². The predicted molar refractivity (Wildman–Crippen MR) is 112 cm³/mol. The molecule has 0 bridgehead atoms. The summed E-state index contributed by atoms with van der Waals surface area (Å²) in [6.07, 6.45) is -6.90. The lowest BCUT2D eigenvalue weighted by atomic mass is 9.86. The average Bonchev–Trinajstić information content (AvgIpc) is 2.78. The molecule has 1 fully saturated rings. The molecule has 0 saturated carbocycles. The topological polar surface area (TPSA) is 49.8 Å². The molecule has 1 N–H and O–H groups in total. The van der Waals surface area contributed by atoms with E-state index in [1.807, 2.05) is 4.90 Å². The molecular weight excluding hydrogens is 445 g/mol. The van der Waals surface area contributed by atoms with E-state index < -0.39 is 30.2 Å². The highest BCUT2D eigenvalue weighted by atomic mass is 19.4. The van der Waals surface area contributed by atoms with Crippen molar-refractivity contribution in [3.63, 3.8) is 0 Å². The molecule has 2 aromatic rings. The first kappa shape index (κ1) is 25.1. The van der Waals surface area contributed by atoms with Crippen molar-refractivity contribution in [2.45, 2.75) is 57.0 Å². The zero-order chi connectivity index (χ0) is 24.2. The third-order valence-electron chi connectivity index (χ3n) is 6.01. The molecule has 33 heavy (non-hydrogen) atoms. The summed E-state index contributed by atoms with van der Waals surface area (Å²) < 4.78 is 70.8. The quantitative estimate of drug-likeness (QED) is 0.468. The molecule has 0 radical (unpaired) electrons. The molecule has 2 unspecified atom stereocenters. The smallest absolute Gasteiger partial charge is 0.416 e. The molecule has 1 aliphatic heterocycles. The second kappa shape index (κ2) is 10.2. The van der Waals surface area contributed by atoms with Crippen LogP contribution in [0, 0.1) is 0 Å². The second-order valence-corrected chi connectivity index (χ2v) is 8.28. The maximum absolute atomic E-state index is 13.7. The second-order valence-electron chi connectivity index (χ2n) is 8.28. The van der Waals surface area contributed by atoms with E-state index in [0.717, 1.165) is 23.3 Å². The van der Waals surface area contributed by atoms with Crippen molar-refractivity contribution in [3.8, 4) is 0 Å². The van der Waals surface area contributed by atoms with Crippen LogP contribution in [0.2, 0.25) is 0 Å². The first-order valence-electron chi connectivity index (χ1n) is 10.7. The zero-order valence-corrected chi connectivity index (χ0v) is 18.1. The lowest BCUT2D eigenvalue weighted by molar-refractivity contribution is -0.247. The van der Waals surface area contributed by atoms with E-state index >= 15 is 0 Å². The molecule has 4 nitrogen and oxygen atoms in total. The van der Waals surface area contributed by atoms with E-state index in [-0.39, 0.29) is 24.1 Å². The number of nitrogens with zero attached hydrogens (tertiary/aromatic N) is 1. The summed E-state index contributed by atoms with van der Waals surface area (Å²) in [4.78, 5) is 13.1. The third kappa shape index (κ3) is 6.74. The van der Waals surface area contributed by atoms with Gasteiger partial charge in [0.15, 0.2) is 0 Å². The van der Waals surface area contributed by atoms with Gasteiger partial charge in [-0.05, 0) is 54.2 Å². The summed E-state index contributed by atoms with van der Waals surface area (Å²) in [5.74, 6) is -1.11. The Morgan fingerprint density at radius 3 is 2.21 bits per heavy atom. The Hall–Kier alpha value is -2.52. The highest BCUT2D eigenvalue weighted by Crippen LogP contribution is 2.35. The van der Waals surface area contributed by atoms with Gasteiger partial charge in [-0.3, -0.25) is 4.90 Å². The van der Waals surface area contributed by atoms with Crippen molar-refractivity contribution in [2.75, 3.05) is 13.2 Å². The van der Waals surface area contributed by atoms with E-state index in [4.69, 9.17) is 9.84 Å². The molecule has 180 valence electrons. The van der Waals surface area contributed by atoms with Crippen molar-refractivity contribution < 1.29 is 36.6 Å². The number of ether oxygens (including phenoxy) is 1. The van der Waals surface area contributed by atoms with Gasteiger partial charge in [-0.25, -0.2) is 4.79 Å². The van der Waals surface area contributed by atoms with Gasteiger partial charge < -0.3 is 9.84 Å². The highest BCUT2D eigenvalue weighted by Gasteiger charge is 2.34. The summed E-state index contributed by atoms with van der Waals surface area (Å²) in [5.41, 5.74) is 0.987. The maximum atomic E-state index is 13.7. The average molecular weight is 471 g/mol. The Kier molecular flexibility index (Phi) is 7.74. The van der Waals surface area contributed by atoms with Crippen molar-refractivity contribution in [3.05, 3.63) is 70.8 Å². The van der Waals surface area contributed by atoms with E-state index in [1.165, 1.54) is 31.2 Å². The number of likely N-dealkylation sites (tertiary alicyclic amines) is 1. The van der Waals surface area contributed by atoms with Gasteiger partial charge >= 0.3 is 18.3 Å². The van der Waals surface area contributed by atoms with E-state index in [1.54, 1.807) is 12.1 Å². The first-order chi connectivity index (χ1) is 15.5. The summed E-state index contributed by atoms with van der Waals surface area (Å²) in [6.45, 7) is 2.00.